The molecule has 1 aliphatic rings. The fourth-order valence-corrected chi connectivity index (χ4v) is 2.36. The molecule has 0 aromatic heterocycles. The number of hydrogen-bond acceptors (Lipinski definition) is 1. The normalized spacial score (nSPS) is 15.6. The lowest BCUT2D eigenvalue weighted by molar-refractivity contribution is 0.645. The van der Waals surface area contributed by atoms with Gasteiger partial charge in [-0.25, -0.2) is 0 Å². The van der Waals surface area contributed by atoms with E-state index in [-0.39, 0.29) is 0 Å². The Kier molecular flexibility index (Phi) is 4.06. The summed E-state index contributed by atoms with van der Waals surface area (Å²) in [4.78, 5) is 0. The van der Waals surface area contributed by atoms with Gasteiger partial charge in [-0.3, -0.25) is 0 Å². The highest BCUT2D eigenvalue weighted by Crippen LogP contribution is 2.22. The highest BCUT2D eigenvalue weighted by atomic mass is 79.9. The van der Waals surface area contributed by atoms with Crippen LogP contribution in [0.1, 0.15) is 24.8 Å². The molecule has 0 bridgehead atoms. The molecule has 1 N–H and O–H groups in total. The number of halogens is 2. The summed E-state index contributed by atoms with van der Waals surface area (Å²) >= 11 is 9.54. The van der Waals surface area contributed by atoms with Crippen LogP contribution in [0.4, 0.5) is 0 Å². The maximum Gasteiger partial charge on any atom is 0.0449 e. The Bertz CT molecular complexity index is 336. The topological polar surface area (TPSA) is 12.0 Å². The summed E-state index contributed by atoms with van der Waals surface area (Å²) in [5.41, 5.74) is 1.25. The van der Waals surface area contributed by atoms with E-state index in [0.717, 1.165) is 34.9 Å². The Morgan fingerprint density at radius 3 is 2.87 bits per heavy atom. The highest BCUT2D eigenvalue weighted by molar-refractivity contribution is 9.10. The number of rotatable bonds is 5. The van der Waals surface area contributed by atoms with E-state index in [9.17, 15) is 0 Å². The largest absolute Gasteiger partial charge is 0.314 e. The zero-order valence-corrected chi connectivity index (χ0v) is 10.9. The van der Waals surface area contributed by atoms with Crippen LogP contribution in [0.2, 0.25) is 5.02 Å². The first-order valence-corrected chi connectivity index (χ1v) is 6.60. The van der Waals surface area contributed by atoms with E-state index in [1.807, 2.05) is 6.07 Å². The van der Waals surface area contributed by atoms with Crippen molar-refractivity contribution in [3.63, 3.8) is 0 Å². The van der Waals surface area contributed by atoms with E-state index in [1.54, 1.807) is 0 Å². The molecule has 0 saturated heterocycles. The Morgan fingerprint density at radius 1 is 1.40 bits per heavy atom. The van der Waals surface area contributed by atoms with Crippen LogP contribution in [0, 0.1) is 0 Å². The van der Waals surface area contributed by atoms with Gasteiger partial charge in [0.15, 0.2) is 0 Å². The number of aryl methyl sites for hydroxylation is 1. The van der Waals surface area contributed by atoms with Crippen LogP contribution in [0.25, 0.3) is 0 Å². The molecule has 1 aromatic carbocycles. The molecule has 82 valence electrons. The zero-order valence-electron chi connectivity index (χ0n) is 8.60. The van der Waals surface area contributed by atoms with Crippen molar-refractivity contribution in [1.29, 1.82) is 0 Å². The molecule has 0 heterocycles. The molecule has 0 aliphatic heterocycles. The molecule has 1 fully saturated rings. The summed E-state index contributed by atoms with van der Waals surface area (Å²) in [5.74, 6) is 0. The molecule has 0 unspecified atom stereocenters. The predicted octanol–water partition coefficient (Wildman–Crippen LogP) is 3.79. The first-order valence-electron chi connectivity index (χ1n) is 5.43. The summed E-state index contributed by atoms with van der Waals surface area (Å²) in [5, 5.41) is 4.38. The third-order valence-electron chi connectivity index (χ3n) is 2.65. The van der Waals surface area contributed by atoms with Gasteiger partial charge >= 0.3 is 0 Å². The Balaban J connectivity index is 1.76. The van der Waals surface area contributed by atoms with Crippen molar-refractivity contribution < 1.29 is 0 Å². The molecule has 1 saturated carbocycles. The van der Waals surface area contributed by atoms with Gasteiger partial charge in [-0.15, -0.1) is 0 Å². The fraction of sp³-hybridized carbons (Fsp3) is 0.500. The summed E-state index contributed by atoms with van der Waals surface area (Å²) in [6.45, 7) is 1.11. The first kappa shape index (κ1) is 11.4. The Hall–Kier alpha value is -0.0500. The van der Waals surface area contributed by atoms with Crippen molar-refractivity contribution in [3.05, 3.63) is 33.3 Å². The molecular weight excluding hydrogens is 273 g/mol. The van der Waals surface area contributed by atoms with Gasteiger partial charge in [-0.1, -0.05) is 33.6 Å². The quantitative estimate of drug-likeness (QED) is 0.813. The monoisotopic (exact) mass is 287 g/mol. The van der Waals surface area contributed by atoms with E-state index < -0.39 is 0 Å². The Morgan fingerprint density at radius 2 is 2.20 bits per heavy atom. The second kappa shape index (κ2) is 5.33. The van der Waals surface area contributed by atoms with Gasteiger partial charge in [0, 0.05) is 15.5 Å². The van der Waals surface area contributed by atoms with Crippen LogP contribution in [-0.4, -0.2) is 12.6 Å². The van der Waals surface area contributed by atoms with Crippen LogP contribution >= 0.6 is 27.5 Å². The van der Waals surface area contributed by atoms with Gasteiger partial charge in [0.2, 0.25) is 0 Å². The molecule has 2 rings (SSSR count). The molecule has 1 aliphatic carbocycles. The third kappa shape index (κ3) is 3.78. The molecule has 0 amide bonds. The zero-order chi connectivity index (χ0) is 10.7. The van der Waals surface area contributed by atoms with Gasteiger partial charge in [0.1, 0.15) is 0 Å². The van der Waals surface area contributed by atoms with Crippen LogP contribution in [0.15, 0.2) is 22.7 Å². The van der Waals surface area contributed by atoms with Crippen molar-refractivity contribution in [1.82, 2.24) is 5.32 Å². The third-order valence-corrected chi connectivity index (χ3v) is 3.49. The second-order valence-electron chi connectivity index (χ2n) is 4.07. The molecule has 0 atom stereocenters. The second-order valence-corrected chi connectivity index (χ2v) is 5.39. The smallest absolute Gasteiger partial charge is 0.0449 e. The lowest BCUT2D eigenvalue weighted by Crippen LogP contribution is -2.17. The lowest BCUT2D eigenvalue weighted by Gasteiger charge is -2.05. The Labute approximate surface area is 104 Å². The minimum Gasteiger partial charge on any atom is -0.314 e. The SMILES string of the molecule is Clc1cc(Br)ccc1CCCNC1CC1. The van der Waals surface area contributed by atoms with Crippen LogP contribution in [0.5, 0.6) is 0 Å². The predicted molar refractivity (Wildman–Crippen MR) is 68.5 cm³/mol. The average molecular weight is 289 g/mol. The summed E-state index contributed by atoms with van der Waals surface area (Å²) in [6, 6.07) is 6.93. The van der Waals surface area contributed by atoms with Gasteiger partial charge in [-0.05, 0) is 49.9 Å². The standard InChI is InChI=1S/C12H15BrClN/c13-10-4-3-9(12(14)8-10)2-1-7-15-11-5-6-11/h3-4,8,11,15H,1-2,5-7H2. The number of benzene rings is 1. The maximum atomic E-state index is 6.13. The van der Waals surface area contributed by atoms with Crippen molar-refractivity contribution in [2.24, 2.45) is 0 Å². The van der Waals surface area contributed by atoms with E-state index in [0.29, 0.717) is 0 Å². The molecule has 0 radical (unpaired) electrons. The van der Waals surface area contributed by atoms with E-state index in [2.05, 4.69) is 33.4 Å². The highest BCUT2D eigenvalue weighted by Gasteiger charge is 2.19. The number of nitrogens with one attached hydrogen (secondary N) is 1. The molecular formula is C12H15BrClN. The minimum absolute atomic E-state index is 0.811. The average Bonchev–Trinajstić information content (AvgIpc) is 2.99. The number of hydrogen-bond donors (Lipinski definition) is 1. The first-order chi connectivity index (χ1) is 7.25. The summed E-state index contributed by atoms with van der Waals surface area (Å²) in [6.07, 6.45) is 4.95. The van der Waals surface area contributed by atoms with Gasteiger partial charge in [0.05, 0.1) is 0 Å². The van der Waals surface area contributed by atoms with Gasteiger partial charge in [0.25, 0.3) is 0 Å². The minimum atomic E-state index is 0.811. The van der Waals surface area contributed by atoms with Crippen molar-refractivity contribution in [2.75, 3.05) is 6.54 Å². The van der Waals surface area contributed by atoms with Crippen molar-refractivity contribution >= 4 is 27.5 Å². The van der Waals surface area contributed by atoms with E-state index >= 15 is 0 Å². The molecule has 1 nitrogen and oxygen atoms in total. The van der Waals surface area contributed by atoms with Crippen LogP contribution in [-0.2, 0) is 6.42 Å². The molecule has 3 heteroatoms. The fourth-order valence-electron chi connectivity index (χ4n) is 1.60. The molecule has 1 aromatic rings. The van der Waals surface area contributed by atoms with Gasteiger partial charge in [-0.2, -0.15) is 0 Å². The van der Waals surface area contributed by atoms with E-state index in [1.165, 1.54) is 18.4 Å². The molecule has 0 spiro atoms. The van der Waals surface area contributed by atoms with Gasteiger partial charge < -0.3 is 5.32 Å². The van der Waals surface area contributed by atoms with Crippen molar-refractivity contribution in [3.8, 4) is 0 Å². The summed E-state index contributed by atoms with van der Waals surface area (Å²) in [7, 11) is 0. The maximum absolute atomic E-state index is 6.13. The molecule has 15 heavy (non-hydrogen) atoms. The summed E-state index contributed by atoms with van der Waals surface area (Å²) < 4.78 is 1.05. The van der Waals surface area contributed by atoms with Crippen molar-refractivity contribution in [2.45, 2.75) is 31.7 Å². The lowest BCUT2D eigenvalue weighted by atomic mass is 10.1. The van der Waals surface area contributed by atoms with E-state index in [4.69, 9.17) is 11.6 Å². The van der Waals surface area contributed by atoms with Crippen LogP contribution in [0.3, 0.4) is 0 Å². The van der Waals surface area contributed by atoms with Crippen LogP contribution < -0.4 is 5.32 Å².